The van der Waals surface area contributed by atoms with E-state index < -0.39 is 66.3 Å². The average molecular weight is 496 g/mol. The molecule has 0 fully saturated rings. The maximum atomic E-state index is 12.7. The predicted molar refractivity (Wildman–Crippen MR) is 123 cm³/mol. The van der Waals surface area contributed by atoms with Gasteiger partial charge in [-0.25, -0.2) is 4.79 Å². The van der Waals surface area contributed by atoms with Crippen LogP contribution in [0.2, 0.25) is 0 Å². The smallest absolute Gasteiger partial charge is 0.326 e. The van der Waals surface area contributed by atoms with E-state index in [-0.39, 0.29) is 12.8 Å². The summed E-state index contributed by atoms with van der Waals surface area (Å²) in [6.45, 7) is 1.25. The normalized spacial score (nSPS) is 15.5. The maximum Gasteiger partial charge on any atom is 0.326 e. The van der Waals surface area contributed by atoms with Crippen molar-refractivity contribution in [2.24, 2.45) is 11.5 Å². The predicted octanol–water partition coefficient (Wildman–Crippen LogP) is -2.38. The van der Waals surface area contributed by atoms with Crippen molar-refractivity contribution >= 4 is 53.1 Å². The van der Waals surface area contributed by atoms with E-state index in [0.29, 0.717) is 11.5 Å². The van der Waals surface area contributed by atoms with Crippen molar-refractivity contribution in [2.45, 2.75) is 56.5 Å². The van der Waals surface area contributed by atoms with Crippen LogP contribution < -0.4 is 27.4 Å². The molecule has 0 rings (SSSR count). The van der Waals surface area contributed by atoms with Crippen LogP contribution in [-0.2, 0) is 24.0 Å². The summed E-state index contributed by atoms with van der Waals surface area (Å²) in [7, 11) is 0. The molecular weight excluding hydrogens is 462 g/mol. The number of carboxylic acid groups (broad SMARTS) is 1. The minimum absolute atomic E-state index is 0.190. The molecule has 0 aromatic heterocycles. The van der Waals surface area contributed by atoms with Gasteiger partial charge in [0.2, 0.25) is 23.6 Å². The van der Waals surface area contributed by atoms with Gasteiger partial charge in [0.15, 0.2) is 0 Å². The Morgan fingerprint density at radius 3 is 1.81 bits per heavy atom. The molecular formula is C18H33N5O7S2. The summed E-state index contributed by atoms with van der Waals surface area (Å²) in [6.07, 6.45) is 2.20. The number of aliphatic hydroxyl groups excluding tert-OH is 1. The lowest BCUT2D eigenvalue weighted by Gasteiger charge is -2.26. The zero-order chi connectivity index (χ0) is 24.8. The Labute approximate surface area is 195 Å². The highest BCUT2D eigenvalue weighted by Gasteiger charge is 2.32. The largest absolute Gasteiger partial charge is 0.480 e. The van der Waals surface area contributed by atoms with Crippen LogP contribution in [0.5, 0.6) is 0 Å². The third-order valence-corrected chi connectivity index (χ3v) is 5.58. The minimum atomic E-state index is -1.46. The molecule has 0 aromatic rings. The first-order valence-corrected chi connectivity index (χ1v) is 12.6. The first-order chi connectivity index (χ1) is 14.9. The quantitative estimate of drug-likeness (QED) is 0.121. The average Bonchev–Trinajstić information content (AvgIpc) is 2.70. The maximum absolute atomic E-state index is 12.7. The summed E-state index contributed by atoms with van der Waals surface area (Å²) >= 11 is 2.85. The zero-order valence-corrected chi connectivity index (χ0v) is 20.0. The second-order valence-corrected chi connectivity index (χ2v) is 9.00. The molecule has 0 saturated carbocycles. The summed E-state index contributed by atoms with van der Waals surface area (Å²) in [5.41, 5.74) is 10.6. The Morgan fingerprint density at radius 1 is 0.875 bits per heavy atom. The SMILES string of the molecule is CSCCC(NC(=O)C(CCSC)NC(=O)C(NC(=O)C(N)CC(N)=O)C(C)O)C(=O)O. The fourth-order valence-corrected chi connectivity index (χ4v) is 3.45. The number of aliphatic hydroxyl groups is 1. The van der Waals surface area contributed by atoms with Gasteiger partial charge >= 0.3 is 5.97 Å². The first-order valence-electron chi connectivity index (χ1n) is 9.78. The Bertz CT molecular complexity index is 666. The van der Waals surface area contributed by atoms with E-state index in [2.05, 4.69) is 16.0 Å². The fraction of sp³-hybridized carbons (Fsp3) is 0.722. The van der Waals surface area contributed by atoms with Crippen LogP contribution in [0, 0.1) is 0 Å². The molecule has 0 spiro atoms. The van der Waals surface area contributed by atoms with Gasteiger partial charge in [-0.3, -0.25) is 19.2 Å². The summed E-state index contributed by atoms with van der Waals surface area (Å²) < 4.78 is 0. The summed E-state index contributed by atoms with van der Waals surface area (Å²) in [4.78, 5) is 59.9. The molecule has 12 nitrogen and oxygen atoms in total. The number of aliphatic carboxylic acids is 1. The number of nitrogens with two attached hydrogens (primary N) is 2. The third-order valence-electron chi connectivity index (χ3n) is 4.29. The number of primary amides is 1. The van der Waals surface area contributed by atoms with Crippen molar-refractivity contribution in [1.82, 2.24) is 16.0 Å². The number of carbonyl (C=O) groups is 5. The molecule has 184 valence electrons. The molecule has 9 N–H and O–H groups in total. The van der Waals surface area contributed by atoms with Gasteiger partial charge < -0.3 is 37.6 Å². The monoisotopic (exact) mass is 495 g/mol. The van der Waals surface area contributed by atoms with Crippen molar-refractivity contribution < 1.29 is 34.2 Å². The Balaban J connectivity index is 5.35. The summed E-state index contributed by atoms with van der Waals surface area (Å²) in [5, 5.41) is 26.4. The van der Waals surface area contributed by atoms with Crippen molar-refractivity contribution in [3.05, 3.63) is 0 Å². The molecule has 0 aromatic carbocycles. The molecule has 32 heavy (non-hydrogen) atoms. The number of carbonyl (C=O) groups excluding carboxylic acids is 4. The van der Waals surface area contributed by atoms with Crippen LogP contribution in [0.25, 0.3) is 0 Å². The number of rotatable bonds is 16. The molecule has 4 amide bonds. The Kier molecular flexibility index (Phi) is 14.7. The van der Waals surface area contributed by atoms with Gasteiger partial charge in [0, 0.05) is 0 Å². The lowest BCUT2D eigenvalue weighted by atomic mass is 10.1. The van der Waals surface area contributed by atoms with Gasteiger partial charge in [-0.05, 0) is 43.8 Å². The highest BCUT2D eigenvalue weighted by atomic mass is 32.2. The second-order valence-electron chi connectivity index (χ2n) is 7.03. The lowest BCUT2D eigenvalue weighted by molar-refractivity contribution is -0.142. The van der Waals surface area contributed by atoms with Gasteiger partial charge in [-0.15, -0.1) is 0 Å². The molecule has 0 heterocycles. The van der Waals surface area contributed by atoms with Crippen LogP contribution >= 0.6 is 23.5 Å². The van der Waals surface area contributed by atoms with E-state index in [4.69, 9.17) is 11.5 Å². The second kappa shape index (κ2) is 15.7. The standard InChI is InChI=1S/C18H33N5O7S2/c1-9(24)14(23-15(26)10(19)8-13(20)25)17(28)21-11(4-6-31-2)16(27)22-12(18(29)30)5-7-32-3/h9-12,14,24H,4-8,19H2,1-3H3,(H2,20,25)(H,21,28)(H,22,27)(H,23,26)(H,29,30). The van der Waals surface area contributed by atoms with E-state index in [0.717, 1.165) is 0 Å². The van der Waals surface area contributed by atoms with Crippen LogP contribution in [0.4, 0.5) is 0 Å². The minimum Gasteiger partial charge on any atom is -0.480 e. The molecule has 0 aliphatic heterocycles. The molecule has 0 aliphatic carbocycles. The molecule has 0 bridgehead atoms. The number of amides is 4. The van der Waals surface area contributed by atoms with Crippen LogP contribution in [-0.4, -0.2) is 94.1 Å². The highest BCUT2D eigenvalue weighted by Crippen LogP contribution is 2.06. The number of hydrogen-bond acceptors (Lipinski definition) is 9. The lowest BCUT2D eigenvalue weighted by Crippen LogP contribution is -2.60. The van der Waals surface area contributed by atoms with Gasteiger partial charge in [0.1, 0.15) is 18.1 Å². The zero-order valence-electron chi connectivity index (χ0n) is 18.3. The number of carboxylic acids is 1. The van der Waals surface area contributed by atoms with E-state index in [1.807, 2.05) is 6.26 Å². The van der Waals surface area contributed by atoms with Crippen molar-refractivity contribution in [3.8, 4) is 0 Å². The first kappa shape index (κ1) is 30.0. The van der Waals surface area contributed by atoms with E-state index in [1.165, 1.54) is 30.4 Å². The van der Waals surface area contributed by atoms with E-state index in [9.17, 15) is 34.2 Å². The van der Waals surface area contributed by atoms with E-state index >= 15 is 0 Å². The molecule has 0 saturated heterocycles. The van der Waals surface area contributed by atoms with Gasteiger partial charge in [0.05, 0.1) is 18.6 Å². The summed E-state index contributed by atoms with van der Waals surface area (Å²) in [6, 6.07) is -4.99. The highest BCUT2D eigenvalue weighted by molar-refractivity contribution is 7.98. The molecule has 5 unspecified atom stereocenters. The molecule has 0 radical (unpaired) electrons. The summed E-state index contributed by atoms with van der Waals surface area (Å²) in [5.74, 6) is -3.44. The van der Waals surface area contributed by atoms with Crippen molar-refractivity contribution in [3.63, 3.8) is 0 Å². The Hall–Kier alpha value is -2.03. The van der Waals surface area contributed by atoms with E-state index in [1.54, 1.807) is 6.26 Å². The van der Waals surface area contributed by atoms with Gasteiger partial charge in [0.25, 0.3) is 0 Å². The van der Waals surface area contributed by atoms with Crippen molar-refractivity contribution in [2.75, 3.05) is 24.0 Å². The molecule has 5 atom stereocenters. The number of nitrogens with one attached hydrogen (secondary N) is 3. The van der Waals surface area contributed by atoms with Gasteiger partial charge in [-0.1, -0.05) is 0 Å². The topological polar surface area (TPSA) is 214 Å². The molecule has 14 heteroatoms. The number of thioether (sulfide) groups is 2. The Morgan fingerprint density at radius 2 is 1.38 bits per heavy atom. The van der Waals surface area contributed by atoms with Crippen molar-refractivity contribution in [1.29, 1.82) is 0 Å². The fourth-order valence-electron chi connectivity index (χ4n) is 2.51. The third kappa shape index (κ3) is 11.5. The van der Waals surface area contributed by atoms with Crippen LogP contribution in [0.1, 0.15) is 26.2 Å². The van der Waals surface area contributed by atoms with Crippen LogP contribution in [0.3, 0.4) is 0 Å². The van der Waals surface area contributed by atoms with Crippen LogP contribution in [0.15, 0.2) is 0 Å². The number of hydrogen-bond donors (Lipinski definition) is 7. The molecule has 0 aliphatic rings. The van der Waals surface area contributed by atoms with Gasteiger partial charge in [-0.2, -0.15) is 23.5 Å².